The molecule has 112 valence electrons. The first-order valence-electron chi connectivity index (χ1n) is 7.70. The molecule has 0 radical (unpaired) electrons. The predicted molar refractivity (Wildman–Crippen MR) is 78.2 cm³/mol. The van der Waals surface area contributed by atoms with Crippen LogP contribution in [0.1, 0.15) is 51.9 Å². The van der Waals surface area contributed by atoms with Crippen LogP contribution in [0.15, 0.2) is 0 Å². The molecule has 2 bridgehead atoms. The second-order valence-corrected chi connectivity index (χ2v) is 8.89. The third-order valence-electron chi connectivity index (χ3n) is 5.16. The minimum Gasteiger partial charge on any atom is -0.271 e. The van der Waals surface area contributed by atoms with Gasteiger partial charge in [0, 0.05) is 11.8 Å². The fourth-order valence-electron chi connectivity index (χ4n) is 3.99. The summed E-state index contributed by atoms with van der Waals surface area (Å²) in [5.41, 5.74) is 2.90. The first-order chi connectivity index (χ1) is 9.04. The molecule has 2 saturated carbocycles. The summed E-state index contributed by atoms with van der Waals surface area (Å²) in [6.07, 6.45) is 8.36. The summed E-state index contributed by atoms with van der Waals surface area (Å²) in [4.78, 5) is 0. The molecule has 0 heterocycles. The number of nitrogens with one attached hydrogen (secondary N) is 1. The maximum Gasteiger partial charge on any atom is 0.150 e. The van der Waals surface area contributed by atoms with E-state index in [-0.39, 0.29) is 11.8 Å². The molecular formula is C14H28N2O2S. The van der Waals surface area contributed by atoms with Crippen molar-refractivity contribution in [3.63, 3.8) is 0 Å². The highest BCUT2D eigenvalue weighted by atomic mass is 32.2. The van der Waals surface area contributed by atoms with Crippen molar-refractivity contribution >= 4 is 9.84 Å². The molecule has 3 N–H and O–H groups in total. The zero-order chi connectivity index (χ0) is 13.9. The Morgan fingerprint density at radius 3 is 2.63 bits per heavy atom. The van der Waals surface area contributed by atoms with Crippen molar-refractivity contribution in [2.75, 3.05) is 11.5 Å². The lowest BCUT2D eigenvalue weighted by molar-refractivity contribution is 0.272. The summed E-state index contributed by atoms with van der Waals surface area (Å²) < 4.78 is 22.9. The molecule has 4 nitrogen and oxygen atoms in total. The molecule has 2 fully saturated rings. The van der Waals surface area contributed by atoms with Gasteiger partial charge in [0.15, 0.2) is 0 Å². The highest BCUT2D eigenvalue weighted by Crippen LogP contribution is 2.49. The molecule has 2 aliphatic rings. The van der Waals surface area contributed by atoms with E-state index < -0.39 is 9.84 Å². The van der Waals surface area contributed by atoms with Crippen molar-refractivity contribution in [1.82, 2.24) is 5.43 Å². The van der Waals surface area contributed by atoms with Gasteiger partial charge < -0.3 is 0 Å². The van der Waals surface area contributed by atoms with Gasteiger partial charge in [-0.1, -0.05) is 13.3 Å². The van der Waals surface area contributed by atoms with Crippen LogP contribution in [0, 0.1) is 17.8 Å². The topological polar surface area (TPSA) is 72.2 Å². The number of rotatable bonds is 8. The zero-order valence-corrected chi connectivity index (χ0v) is 12.8. The number of fused-ring (bicyclic) bond motifs is 2. The predicted octanol–water partition coefficient (Wildman–Crippen LogP) is 1.86. The second kappa shape index (κ2) is 6.55. The van der Waals surface area contributed by atoms with Gasteiger partial charge in [0.1, 0.15) is 9.84 Å². The highest BCUT2D eigenvalue weighted by Gasteiger charge is 2.39. The third kappa shape index (κ3) is 4.17. The van der Waals surface area contributed by atoms with Crippen LogP contribution in [0.2, 0.25) is 0 Å². The van der Waals surface area contributed by atoms with Crippen molar-refractivity contribution in [2.24, 2.45) is 23.6 Å². The molecule has 0 aromatic carbocycles. The normalized spacial score (nSPS) is 31.8. The fraction of sp³-hybridized carbons (Fsp3) is 1.00. The van der Waals surface area contributed by atoms with Gasteiger partial charge in [-0.3, -0.25) is 11.3 Å². The SMILES string of the molecule is CCS(=O)(=O)CCCC(CC1CC2CCC1C2)NN. The third-order valence-corrected chi connectivity index (χ3v) is 6.95. The van der Waals surface area contributed by atoms with Crippen LogP contribution in [0.4, 0.5) is 0 Å². The fourth-order valence-corrected chi connectivity index (χ4v) is 4.89. The molecule has 2 aliphatic carbocycles. The summed E-state index contributed by atoms with van der Waals surface area (Å²) in [7, 11) is -2.83. The number of sulfone groups is 1. The standard InChI is InChI=1S/C14H28N2O2S/c1-2-19(17,18)7-3-4-14(16-15)10-13-9-11-5-6-12(13)8-11/h11-14,16H,2-10,15H2,1H3. The minimum atomic E-state index is -2.83. The van der Waals surface area contributed by atoms with E-state index in [0.29, 0.717) is 5.75 Å². The largest absolute Gasteiger partial charge is 0.271 e. The Morgan fingerprint density at radius 2 is 2.11 bits per heavy atom. The van der Waals surface area contributed by atoms with Crippen LogP contribution in [-0.4, -0.2) is 26.0 Å². The van der Waals surface area contributed by atoms with E-state index in [9.17, 15) is 8.42 Å². The molecular weight excluding hydrogens is 260 g/mol. The Morgan fingerprint density at radius 1 is 1.32 bits per heavy atom. The van der Waals surface area contributed by atoms with Crippen LogP contribution in [0.3, 0.4) is 0 Å². The molecule has 4 unspecified atom stereocenters. The lowest BCUT2D eigenvalue weighted by atomic mass is 9.83. The monoisotopic (exact) mass is 288 g/mol. The maximum atomic E-state index is 11.5. The Bertz CT molecular complexity index is 383. The quantitative estimate of drug-likeness (QED) is 0.528. The number of hydrazine groups is 1. The lowest BCUT2D eigenvalue weighted by Crippen LogP contribution is -2.37. The molecule has 0 aromatic rings. The van der Waals surface area contributed by atoms with Gasteiger partial charge in [0.2, 0.25) is 0 Å². The first kappa shape index (κ1) is 15.3. The van der Waals surface area contributed by atoms with Crippen LogP contribution in [-0.2, 0) is 9.84 Å². The molecule has 0 aliphatic heterocycles. The van der Waals surface area contributed by atoms with Crippen molar-refractivity contribution in [1.29, 1.82) is 0 Å². The van der Waals surface area contributed by atoms with Gasteiger partial charge in [-0.15, -0.1) is 0 Å². The van der Waals surface area contributed by atoms with Gasteiger partial charge >= 0.3 is 0 Å². The molecule has 4 atom stereocenters. The molecule has 0 spiro atoms. The Balaban J connectivity index is 1.72. The number of nitrogens with two attached hydrogens (primary N) is 1. The molecule has 2 rings (SSSR count). The van der Waals surface area contributed by atoms with Crippen molar-refractivity contribution in [2.45, 2.75) is 57.9 Å². The molecule has 19 heavy (non-hydrogen) atoms. The summed E-state index contributed by atoms with van der Waals surface area (Å²) in [6, 6.07) is 0.288. The average Bonchev–Trinajstić information content (AvgIpc) is 2.99. The number of hydrogen-bond acceptors (Lipinski definition) is 4. The molecule has 5 heteroatoms. The summed E-state index contributed by atoms with van der Waals surface area (Å²) in [6.45, 7) is 1.71. The van der Waals surface area contributed by atoms with Gasteiger partial charge in [-0.25, -0.2) is 8.42 Å². The highest BCUT2D eigenvalue weighted by molar-refractivity contribution is 7.91. The van der Waals surface area contributed by atoms with Crippen LogP contribution in [0.5, 0.6) is 0 Å². The Kier molecular flexibility index (Phi) is 5.26. The molecule has 0 saturated heterocycles. The average molecular weight is 288 g/mol. The Labute approximate surface area is 117 Å². The summed E-state index contributed by atoms with van der Waals surface area (Å²) >= 11 is 0. The van der Waals surface area contributed by atoms with E-state index in [1.165, 1.54) is 25.7 Å². The van der Waals surface area contributed by atoms with E-state index in [1.807, 2.05) is 0 Å². The minimum absolute atomic E-state index is 0.250. The summed E-state index contributed by atoms with van der Waals surface area (Å²) in [5, 5.41) is 0. The van der Waals surface area contributed by atoms with Gasteiger partial charge in [-0.2, -0.15) is 0 Å². The van der Waals surface area contributed by atoms with Crippen LogP contribution >= 0.6 is 0 Å². The van der Waals surface area contributed by atoms with Gasteiger partial charge in [0.05, 0.1) is 5.75 Å². The van der Waals surface area contributed by atoms with Crippen molar-refractivity contribution in [3.8, 4) is 0 Å². The maximum absolute atomic E-state index is 11.5. The molecule has 0 amide bonds. The zero-order valence-electron chi connectivity index (χ0n) is 12.0. The van der Waals surface area contributed by atoms with E-state index in [0.717, 1.165) is 37.0 Å². The second-order valence-electron chi connectivity index (χ2n) is 6.41. The molecule has 0 aromatic heterocycles. The van der Waals surface area contributed by atoms with Gasteiger partial charge in [-0.05, 0) is 56.3 Å². The van der Waals surface area contributed by atoms with Crippen LogP contribution < -0.4 is 11.3 Å². The van der Waals surface area contributed by atoms with Crippen molar-refractivity contribution in [3.05, 3.63) is 0 Å². The van der Waals surface area contributed by atoms with E-state index in [1.54, 1.807) is 6.92 Å². The van der Waals surface area contributed by atoms with E-state index in [4.69, 9.17) is 5.84 Å². The Hall–Kier alpha value is -0.130. The van der Waals surface area contributed by atoms with Crippen molar-refractivity contribution < 1.29 is 8.42 Å². The summed E-state index contributed by atoms with van der Waals surface area (Å²) in [5.74, 6) is 8.89. The first-order valence-corrected chi connectivity index (χ1v) is 9.52. The number of hydrogen-bond donors (Lipinski definition) is 2. The van der Waals surface area contributed by atoms with E-state index in [2.05, 4.69) is 5.43 Å². The van der Waals surface area contributed by atoms with Gasteiger partial charge in [0.25, 0.3) is 0 Å². The lowest BCUT2D eigenvalue weighted by Gasteiger charge is -2.26. The smallest absolute Gasteiger partial charge is 0.150 e. The van der Waals surface area contributed by atoms with Crippen LogP contribution in [0.25, 0.3) is 0 Å². The van der Waals surface area contributed by atoms with E-state index >= 15 is 0 Å².